The van der Waals surface area contributed by atoms with Crippen molar-refractivity contribution in [1.82, 2.24) is 5.32 Å². The van der Waals surface area contributed by atoms with Gasteiger partial charge in [-0.25, -0.2) is 9.59 Å². The zero-order valence-corrected chi connectivity index (χ0v) is 30.5. The lowest BCUT2D eigenvalue weighted by molar-refractivity contribution is -0.139. The molecule has 3 aromatic carbocycles. The van der Waals surface area contributed by atoms with Gasteiger partial charge in [-0.3, -0.25) is 9.59 Å². The van der Waals surface area contributed by atoms with Crippen LogP contribution in [0.25, 0.3) is 0 Å². The summed E-state index contributed by atoms with van der Waals surface area (Å²) in [6.45, 7) is 10.3. The predicted octanol–water partition coefficient (Wildman–Crippen LogP) is 8.16. The average molecular weight is 711 g/mol. The molecule has 10 heteroatoms. The molecule has 52 heavy (non-hydrogen) atoms. The normalized spacial score (nSPS) is 12.4. The van der Waals surface area contributed by atoms with E-state index in [0.717, 1.165) is 18.4 Å². The van der Waals surface area contributed by atoms with E-state index in [1.54, 1.807) is 30.3 Å². The van der Waals surface area contributed by atoms with Gasteiger partial charge in [0.25, 0.3) is 5.91 Å². The molecule has 2 amide bonds. The van der Waals surface area contributed by atoms with Crippen LogP contribution < -0.4 is 20.1 Å². The Morgan fingerprint density at radius 1 is 0.885 bits per heavy atom. The Kier molecular flexibility index (Phi) is 16.9. The molecule has 0 heterocycles. The third kappa shape index (κ3) is 12.9. The van der Waals surface area contributed by atoms with Gasteiger partial charge < -0.3 is 30.0 Å². The van der Waals surface area contributed by atoms with E-state index >= 15 is 0 Å². The minimum absolute atomic E-state index is 0.0716. The summed E-state index contributed by atoms with van der Waals surface area (Å²) < 4.78 is 16.7. The van der Waals surface area contributed by atoms with Crippen LogP contribution in [0.2, 0.25) is 0 Å². The zero-order valence-electron chi connectivity index (χ0n) is 30.5. The van der Waals surface area contributed by atoms with Gasteiger partial charge in [-0.15, -0.1) is 0 Å². The van der Waals surface area contributed by atoms with Crippen molar-refractivity contribution in [3.8, 4) is 11.5 Å². The van der Waals surface area contributed by atoms with Crippen molar-refractivity contribution in [2.45, 2.75) is 77.7 Å². The fourth-order valence-corrected chi connectivity index (χ4v) is 5.33. The van der Waals surface area contributed by atoms with Crippen LogP contribution in [0.4, 0.5) is 5.69 Å². The van der Waals surface area contributed by atoms with Gasteiger partial charge in [0, 0.05) is 17.7 Å². The Balaban J connectivity index is 1.57. The number of rotatable bonds is 21. The number of unbranched alkanes of at least 4 members (excludes halogenated alkanes) is 4. The first-order chi connectivity index (χ1) is 25.1. The highest BCUT2D eigenvalue weighted by Crippen LogP contribution is 2.29. The van der Waals surface area contributed by atoms with E-state index in [4.69, 9.17) is 14.2 Å². The summed E-state index contributed by atoms with van der Waals surface area (Å²) in [6.07, 6.45) is 11.2. The lowest BCUT2D eigenvalue weighted by Crippen LogP contribution is -2.42. The number of hydrogen-bond donors (Lipinski definition) is 3. The van der Waals surface area contributed by atoms with E-state index < -0.39 is 23.9 Å². The molecule has 0 aliphatic rings. The summed E-state index contributed by atoms with van der Waals surface area (Å²) in [6, 6.07) is 19.1. The Labute approximate surface area is 306 Å². The van der Waals surface area contributed by atoms with Crippen molar-refractivity contribution in [2.75, 3.05) is 19.0 Å². The molecular weight excluding hydrogens is 660 g/mol. The third-order valence-electron chi connectivity index (χ3n) is 8.33. The van der Waals surface area contributed by atoms with Gasteiger partial charge >= 0.3 is 11.9 Å². The number of anilines is 1. The number of methoxy groups -OCH3 is 1. The van der Waals surface area contributed by atoms with Crippen molar-refractivity contribution < 1.29 is 38.5 Å². The summed E-state index contributed by atoms with van der Waals surface area (Å²) in [5.41, 5.74) is 2.27. The maximum absolute atomic E-state index is 13.0. The molecule has 0 radical (unpaired) electrons. The van der Waals surface area contributed by atoms with E-state index in [2.05, 4.69) is 24.1 Å². The summed E-state index contributed by atoms with van der Waals surface area (Å²) in [7, 11) is 1.40. The van der Waals surface area contributed by atoms with Crippen LogP contribution in [-0.2, 0) is 25.5 Å². The van der Waals surface area contributed by atoms with Crippen LogP contribution in [0.15, 0.2) is 109 Å². The molecule has 2 atom stereocenters. The fraction of sp³-hybridized carbons (Fsp3) is 0.333. The molecule has 0 fully saturated rings. The average Bonchev–Trinajstić information content (AvgIpc) is 3.15. The van der Waals surface area contributed by atoms with E-state index in [0.29, 0.717) is 30.0 Å². The van der Waals surface area contributed by atoms with Crippen molar-refractivity contribution in [3.63, 3.8) is 0 Å². The molecule has 10 nitrogen and oxygen atoms in total. The predicted molar refractivity (Wildman–Crippen MR) is 203 cm³/mol. The molecule has 3 aromatic rings. The zero-order chi connectivity index (χ0) is 37.9. The molecule has 2 unspecified atom stereocenters. The summed E-state index contributed by atoms with van der Waals surface area (Å²) in [5, 5.41) is 15.4. The van der Waals surface area contributed by atoms with Crippen LogP contribution in [0.3, 0.4) is 0 Å². The maximum atomic E-state index is 13.0. The maximum Gasteiger partial charge on any atom is 0.343 e. The van der Waals surface area contributed by atoms with Crippen LogP contribution in [-0.4, -0.2) is 48.6 Å². The van der Waals surface area contributed by atoms with Crippen molar-refractivity contribution in [1.29, 1.82) is 0 Å². The molecular formula is C42H50N2O8. The Bertz CT molecular complexity index is 1710. The standard InChI is InChI=1S/C42H50N2O8/c1-6-9-10-11-15-26-51-34(7-2)24-18-29(4)42(49)52-37-25-19-30(28-38(37)50-5)27-36(41(47)48)44-39(45)32-20-22-33(23-21-32)43-40(46)35(8-3)31-16-13-12-14-17-31/h7,12-14,16-25,28,35-36H,4,6,8-11,15,26-27H2,1-3,5H3,(H,43,46)(H,44,45)(H,47,48). The van der Waals surface area contributed by atoms with Gasteiger partial charge in [0.2, 0.25) is 5.91 Å². The first-order valence-corrected chi connectivity index (χ1v) is 17.6. The highest BCUT2D eigenvalue weighted by Gasteiger charge is 2.23. The number of carbonyl (C=O) groups is 4. The van der Waals surface area contributed by atoms with Gasteiger partial charge in [0.05, 0.1) is 25.2 Å². The molecule has 0 aliphatic carbocycles. The minimum Gasteiger partial charge on any atom is -0.494 e. The summed E-state index contributed by atoms with van der Waals surface area (Å²) in [5.74, 6) is -2.07. The number of carboxylic acid groups (broad SMARTS) is 1. The van der Waals surface area contributed by atoms with E-state index in [1.165, 1.54) is 50.6 Å². The smallest absolute Gasteiger partial charge is 0.343 e. The summed E-state index contributed by atoms with van der Waals surface area (Å²) >= 11 is 0. The van der Waals surface area contributed by atoms with Crippen LogP contribution in [0.1, 0.15) is 86.7 Å². The van der Waals surface area contributed by atoms with Crippen LogP contribution in [0.5, 0.6) is 11.5 Å². The molecule has 0 saturated heterocycles. The SMILES string of the molecule is C=C(C=CC(=CC)OCCCCCCC)C(=O)Oc1ccc(CC(NC(=O)c2ccc(NC(=O)C(CC)c3ccccc3)cc2)C(=O)O)cc1OC. The number of carboxylic acids is 1. The molecule has 0 bridgehead atoms. The summed E-state index contributed by atoms with van der Waals surface area (Å²) in [4.78, 5) is 50.9. The number of amides is 2. The monoisotopic (exact) mass is 710 g/mol. The number of carbonyl (C=O) groups excluding carboxylic acids is 3. The number of nitrogens with one attached hydrogen (secondary N) is 2. The Morgan fingerprint density at radius 3 is 2.23 bits per heavy atom. The number of benzene rings is 3. The van der Waals surface area contributed by atoms with Gasteiger partial charge in [-0.05, 0) is 85.5 Å². The molecule has 276 valence electrons. The molecule has 0 spiro atoms. The van der Waals surface area contributed by atoms with Crippen LogP contribution in [0, 0.1) is 0 Å². The third-order valence-corrected chi connectivity index (χ3v) is 8.33. The first-order valence-electron chi connectivity index (χ1n) is 17.6. The Morgan fingerprint density at radius 2 is 1.60 bits per heavy atom. The second kappa shape index (κ2) is 21.5. The lowest BCUT2D eigenvalue weighted by Gasteiger charge is -2.17. The van der Waals surface area contributed by atoms with Crippen molar-refractivity contribution >= 4 is 29.4 Å². The second-order valence-corrected chi connectivity index (χ2v) is 12.2. The highest BCUT2D eigenvalue weighted by molar-refractivity contribution is 5.99. The number of allylic oxidation sites excluding steroid dienone is 2. The number of hydrogen-bond acceptors (Lipinski definition) is 7. The minimum atomic E-state index is -1.27. The molecule has 0 saturated carbocycles. The molecule has 3 rings (SSSR count). The van der Waals surface area contributed by atoms with Crippen molar-refractivity contribution in [3.05, 3.63) is 126 Å². The Hall–Kier alpha value is -5.64. The van der Waals surface area contributed by atoms with Gasteiger partial charge in [0.1, 0.15) is 11.8 Å². The van der Waals surface area contributed by atoms with E-state index in [-0.39, 0.29) is 40.9 Å². The molecule has 0 aromatic heterocycles. The molecule has 0 aliphatic heterocycles. The number of aliphatic carboxylic acids is 1. The number of esters is 1. The number of ether oxygens (including phenoxy) is 3. The topological polar surface area (TPSA) is 140 Å². The highest BCUT2D eigenvalue weighted by atomic mass is 16.6. The van der Waals surface area contributed by atoms with Gasteiger partial charge in [-0.1, -0.05) is 82.5 Å². The lowest BCUT2D eigenvalue weighted by atomic mass is 9.95. The second-order valence-electron chi connectivity index (χ2n) is 12.2. The van der Waals surface area contributed by atoms with Crippen LogP contribution >= 0.6 is 0 Å². The fourth-order valence-electron chi connectivity index (χ4n) is 5.33. The molecule has 3 N–H and O–H groups in total. The van der Waals surface area contributed by atoms with E-state index in [9.17, 15) is 24.3 Å². The first kappa shape index (κ1) is 40.8. The quantitative estimate of drug-likeness (QED) is 0.0251. The van der Waals surface area contributed by atoms with Crippen molar-refractivity contribution in [2.24, 2.45) is 0 Å². The van der Waals surface area contributed by atoms with Gasteiger partial charge in [0.15, 0.2) is 11.5 Å². The van der Waals surface area contributed by atoms with Gasteiger partial charge in [-0.2, -0.15) is 0 Å². The largest absolute Gasteiger partial charge is 0.494 e. The van der Waals surface area contributed by atoms with E-state index in [1.807, 2.05) is 50.3 Å².